The molecule has 0 saturated carbocycles. The summed E-state index contributed by atoms with van der Waals surface area (Å²) in [5.41, 5.74) is 0.941. The van der Waals surface area contributed by atoms with Crippen LogP contribution >= 0.6 is 22.9 Å². The molecule has 2 aromatic rings. The van der Waals surface area contributed by atoms with Crippen LogP contribution in [0.5, 0.6) is 0 Å². The van der Waals surface area contributed by atoms with E-state index in [9.17, 15) is 9.59 Å². The van der Waals surface area contributed by atoms with Gasteiger partial charge in [-0.05, 0) is 18.2 Å². The predicted octanol–water partition coefficient (Wildman–Crippen LogP) is 2.55. The Kier molecular flexibility index (Phi) is 5.20. The summed E-state index contributed by atoms with van der Waals surface area (Å²) in [6.07, 6.45) is 0.334. The van der Waals surface area contributed by atoms with Crippen LogP contribution in [0.3, 0.4) is 0 Å². The number of aromatic nitrogens is 1. The Hall–Kier alpha value is -1.86. The largest absolute Gasteiger partial charge is 0.469 e. The topological polar surface area (TPSA) is 62.7 Å². The Morgan fingerprint density at radius 1 is 1.25 bits per heavy atom. The van der Waals surface area contributed by atoms with E-state index >= 15 is 0 Å². The van der Waals surface area contributed by atoms with Gasteiger partial charge in [0.15, 0.2) is 5.13 Å². The zero-order chi connectivity index (χ0) is 17.1. The second-order valence-electron chi connectivity index (χ2n) is 5.55. The Bertz CT molecular complexity index is 756. The molecular formula is C16H18ClN3O3S. The SMILES string of the molecule is COC(=O)CCC(=O)N1CCN(c2nc3ccc(Cl)cc3s2)CC1. The number of hydrogen-bond donors (Lipinski definition) is 0. The lowest BCUT2D eigenvalue weighted by atomic mass is 10.2. The number of rotatable bonds is 4. The van der Waals surface area contributed by atoms with Crippen molar-refractivity contribution in [2.75, 3.05) is 38.2 Å². The predicted molar refractivity (Wildman–Crippen MR) is 94.7 cm³/mol. The highest BCUT2D eigenvalue weighted by Gasteiger charge is 2.23. The van der Waals surface area contributed by atoms with E-state index in [1.165, 1.54) is 7.11 Å². The highest BCUT2D eigenvalue weighted by molar-refractivity contribution is 7.22. The minimum Gasteiger partial charge on any atom is -0.469 e. The minimum absolute atomic E-state index is 0.00358. The van der Waals surface area contributed by atoms with E-state index < -0.39 is 0 Å². The molecule has 1 aliphatic heterocycles. The highest BCUT2D eigenvalue weighted by Crippen LogP contribution is 2.31. The van der Waals surface area contributed by atoms with E-state index in [0.717, 1.165) is 28.4 Å². The molecule has 0 radical (unpaired) electrons. The van der Waals surface area contributed by atoms with Gasteiger partial charge in [-0.25, -0.2) is 4.98 Å². The van der Waals surface area contributed by atoms with Crippen LogP contribution in [0.1, 0.15) is 12.8 Å². The van der Waals surface area contributed by atoms with Crippen LogP contribution < -0.4 is 4.90 Å². The zero-order valence-corrected chi connectivity index (χ0v) is 14.9. The van der Waals surface area contributed by atoms with Crippen LogP contribution in [0.15, 0.2) is 18.2 Å². The molecule has 0 unspecified atom stereocenters. The Morgan fingerprint density at radius 2 is 2.00 bits per heavy atom. The van der Waals surface area contributed by atoms with E-state index in [4.69, 9.17) is 11.6 Å². The highest BCUT2D eigenvalue weighted by atomic mass is 35.5. The maximum atomic E-state index is 12.1. The van der Waals surface area contributed by atoms with E-state index in [0.29, 0.717) is 18.1 Å². The smallest absolute Gasteiger partial charge is 0.306 e. The summed E-state index contributed by atoms with van der Waals surface area (Å²) in [4.78, 5) is 31.9. The van der Waals surface area contributed by atoms with Crippen molar-refractivity contribution in [1.82, 2.24) is 9.88 Å². The summed E-state index contributed by atoms with van der Waals surface area (Å²) in [6.45, 7) is 2.74. The number of ether oxygens (including phenoxy) is 1. The first kappa shape index (κ1) is 17.0. The third-order valence-corrected chi connectivity index (χ3v) is 5.33. The third kappa shape index (κ3) is 3.79. The molecule has 2 heterocycles. The van der Waals surface area contributed by atoms with Gasteiger partial charge in [0.25, 0.3) is 0 Å². The van der Waals surface area contributed by atoms with Gasteiger partial charge in [-0.2, -0.15) is 0 Å². The number of nitrogens with zero attached hydrogens (tertiary/aromatic N) is 3. The lowest BCUT2D eigenvalue weighted by Crippen LogP contribution is -2.48. The van der Waals surface area contributed by atoms with Crippen molar-refractivity contribution < 1.29 is 14.3 Å². The van der Waals surface area contributed by atoms with Crippen molar-refractivity contribution in [3.63, 3.8) is 0 Å². The molecule has 8 heteroatoms. The molecule has 0 aliphatic carbocycles. The molecule has 24 heavy (non-hydrogen) atoms. The van der Waals surface area contributed by atoms with E-state index in [1.807, 2.05) is 18.2 Å². The molecule has 0 N–H and O–H groups in total. The van der Waals surface area contributed by atoms with Gasteiger partial charge in [0.1, 0.15) is 0 Å². The number of anilines is 1. The molecule has 1 saturated heterocycles. The summed E-state index contributed by atoms with van der Waals surface area (Å²) in [7, 11) is 1.33. The van der Waals surface area contributed by atoms with Gasteiger partial charge >= 0.3 is 5.97 Å². The maximum absolute atomic E-state index is 12.1. The summed E-state index contributed by atoms with van der Waals surface area (Å²) >= 11 is 7.63. The normalized spacial score (nSPS) is 14.9. The van der Waals surface area contributed by atoms with Gasteiger partial charge in [-0.3, -0.25) is 9.59 Å². The van der Waals surface area contributed by atoms with E-state index in [1.54, 1.807) is 16.2 Å². The number of thiazole rings is 1. The standard InChI is InChI=1S/C16H18ClN3O3S/c1-23-15(22)5-4-14(21)19-6-8-20(9-7-19)16-18-12-3-2-11(17)10-13(12)24-16/h2-3,10H,4-9H2,1H3. The number of benzene rings is 1. The molecule has 3 rings (SSSR count). The number of esters is 1. The summed E-state index contributed by atoms with van der Waals surface area (Å²) < 4.78 is 5.63. The summed E-state index contributed by atoms with van der Waals surface area (Å²) in [5, 5.41) is 1.66. The number of carbonyl (C=O) groups excluding carboxylic acids is 2. The number of methoxy groups -OCH3 is 1. The van der Waals surface area contributed by atoms with E-state index in [2.05, 4.69) is 14.6 Å². The van der Waals surface area contributed by atoms with Crippen molar-refractivity contribution in [2.45, 2.75) is 12.8 Å². The molecular weight excluding hydrogens is 350 g/mol. The summed E-state index contributed by atoms with van der Waals surface area (Å²) in [5.74, 6) is -0.355. The fourth-order valence-electron chi connectivity index (χ4n) is 2.64. The molecule has 1 fully saturated rings. The Labute approximate surface area is 149 Å². The maximum Gasteiger partial charge on any atom is 0.306 e. The van der Waals surface area contributed by atoms with Crippen molar-refractivity contribution in [3.05, 3.63) is 23.2 Å². The Morgan fingerprint density at radius 3 is 2.71 bits per heavy atom. The molecule has 1 aromatic heterocycles. The quantitative estimate of drug-likeness (QED) is 0.777. The fraction of sp³-hybridized carbons (Fsp3) is 0.438. The number of carbonyl (C=O) groups is 2. The van der Waals surface area contributed by atoms with Crippen LogP contribution in [0, 0.1) is 0 Å². The monoisotopic (exact) mass is 367 g/mol. The van der Waals surface area contributed by atoms with Crippen LogP contribution in [0.4, 0.5) is 5.13 Å². The van der Waals surface area contributed by atoms with Gasteiger partial charge in [-0.1, -0.05) is 22.9 Å². The van der Waals surface area contributed by atoms with Crippen molar-refractivity contribution in [2.24, 2.45) is 0 Å². The van der Waals surface area contributed by atoms with Crippen molar-refractivity contribution in [1.29, 1.82) is 0 Å². The molecule has 1 aromatic carbocycles. The van der Waals surface area contributed by atoms with Crippen LogP contribution in [0.2, 0.25) is 5.02 Å². The van der Waals surface area contributed by atoms with Gasteiger partial charge < -0.3 is 14.5 Å². The third-order valence-electron chi connectivity index (χ3n) is 4.01. The first-order valence-corrected chi connectivity index (χ1v) is 8.92. The number of amides is 1. The number of piperazine rings is 1. The van der Waals surface area contributed by atoms with Crippen molar-refractivity contribution in [3.8, 4) is 0 Å². The fourth-order valence-corrected chi connectivity index (χ4v) is 3.93. The molecule has 128 valence electrons. The molecule has 0 atom stereocenters. The minimum atomic E-state index is -0.352. The van der Waals surface area contributed by atoms with Crippen LogP contribution in [-0.4, -0.2) is 55.0 Å². The van der Waals surface area contributed by atoms with Gasteiger partial charge in [0, 0.05) is 37.6 Å². The lowest BCUT2D eigenvalue weighted by molar-refractivity contribution is -0.143. The van der Waals surface area contributed by atoms with Crippen LogP contribution in [0.25, 0.3) is 10.2 Å². The molecule has 1 aliphatic rings. The zero-order valence-electron chi connectivity index (χ0n) is 13.3. The van der Waals surface area contributed by atoms with Gasteiger partial charge in [0.2, 0.25) is 5.91 Å². The average Bonchev–Trinajstić information content (AvgIpc) is 3.02. The van der Waals surface area contributed by atoms with Crippen LogP contribution in [-0.2, 0) is 14.3 Å². The lowest BCUT2D eigenvalue weighted by Gasteiger charge is -2.34. The van der Waals surface area contributed by atoms with Gasteiger partial charge in [-0.15, -0.1) is 0 Å². The average molecular weight is 368 g/mol. The molecule has 0 bridgehead atoms. The Balaban J connectivity index is 1.57. The van der Waals surface area contributed by atoms with Crippen molar-refractivity contribution >= 4 is 50.2 Å². The second kappa shape index (κ2) is 7.36. The first-order valence-electron chi connectivity index (χ1n) is 7.72. The number of fused-ring (bicyclic) bond motifs is 1. The molecule has 0 spiro atoms. The number of halogens is 1. The first-order chi connectivity index (χ1) is 11.6. The molecule has 6 nitrogen and oxygen atoms in total. The number of hydrogen-bond acceptors (Lipinski definition) is 6. The molecule has 1 amide bonds. The summed E-state index contributed by atoms with van der Waals surface area (Å²) in [6, 6.07) is 5.68. The van der Waals surface area contributed by atoms with Gasteiger partial charge in [0.05, 0.1) is 23.7 Å². The second-order valence-corrected chi connectivity index (χ2v) is 7.00. The van der Waals surface area contributed by atoms with E-state index in [-0.39, 0.29) is 24.7 Å².